The van der Waals surface area contributed by atoms with Crippen LogP contribution in [0.2, 0.25) is 5.02 Å². The Morgan fingerprint density at radius 1 is 1.50 bits per heavy atom. The second-order valence-electron chi connectivity index (χ2n) is 3.57. The van der Waals surface area contributed by atoms with E-state index in [4.69, 9.17) is 21.8 Å². The standard InChI is InChI=1S/C9H9ClN2O7S/c10-6-2-1-5(12(16)17)3-8(6)20(18,19)11-7(4-13)9(14)15/h1-3,7,11,13H,4H2,(H,14,15)/t7-/m0/s1. The molecule has 0 aromatic heterocycles. The lowest BCUT2D eigenvalue weighted by Crippen LogP contribution is -2.43. The quantitative estimate of drug-likeness (QED) is 0.491. The van der Waals surface area contributed by atoms with Crippen LogP contribution in [0.1, 0.15) is 0 Å². The predicted octanol–water partition coefficient (Wildman–Crippen LogP) is -0.0280. The Balaban J connectivity index is 3.24. The number of carbonyl (C=O) groups is 1. The van der Waals surface area contributed by atoms with E-state index in [0.717, 1.165) is 12.1 Å². The fourth-order valence-corrected chi connectivity index (χ4v) is 2.93. The summed E-state index contributed by atoms with van der Waals surface area (Å²) >= 11 is 5.64. The zero-order valence-corrected chi connectivity index (χ0v) is 11.3. The van der Waals surface area contributed by atoms with E-state index in [1.54, 1.807) is 4.72 Å². The summed E-state index contributed by atoms with van der Waals surface area (Å²) in [5, 5.41) is 27.7. The van der Waals surface area contributed by atoms with Crippen molar-refractivity contribution in [1.82, 2.24) is 4.72 Å². The highest BCUT2D eigenvalue weighted by Crippen LogP contribution is 2.26. The van der Waals surface area contributed by atoms with Crippen molar-refractivity contribution in [2.75, 3.05) is 6.61 Å². The van der Waals surface area contributed by atoms with Crippen LogP contribution in [-0.2, 0) is 14.8 Å². The summed E-state index contributed by atoms with van der Waals surface area (Å²) in [5.74, 6) is -1.60. The molecule has 0 spiro atoms. The number of nitro groups is 1. The van der Waals surface area contributed by atoms with Crippen LogP contribution in [-0.4, -0.2) is 42.2 Å². The lowest BCUT2D eigenvalue weighted by Gasteiger charge is -2.12. The van der Waals surface area contributed by atoms with Crippen molar-refractivity contribution in [3.63, 3.8) is 0 Å². The number of nitrogens with zero attached hydrogens (tertiary/aromatic N) is 1. The van der Waals surface area contributed by atoms with E-state index in [1.165, 1.54) is 0 Å². The van der Waals surface area contributed by atoms with Crippen molar-refractivity contribution >= 4 is 33.3 Å². The molecule has 1 atom stereocenters. The van der Waals surface area contributed by atoms with Gasteiger partial charge in [0.05, 0.1) is 16.6 Å². The van der Waals surface area contributed by atoms with Crippen LogP contribution in [0.5, 0.6) is 0 Å². The number of nitrogens with one attached hydrogen (secondary N) is 1. The molecule has 0 saturated heterocycles. The molecule has 1 rings (SSSR count). The van der Waals surface area contributed by atoms with Gasteiger partial charge in [0.15, 0.2) is 0 Å². The number of halogens is 1. The molecule has 0 bridgehead atoms. The highest BCUT2D eigenvalue weighted by atomic mass is 35.5. The largest absolute Gasteiger partial charge is 0.480 e. The third-order valence-electron chi connectivity index (χ3n) is 2.19. The Morgan fingerprint density at radius 3 is 2.55 bits per heavy atom. The number of aliphatic hydroxyl groups excluding tert-OH is 1. The van der Waals surface area contributed by atoms with Gasteiger partial charge in [-0.05, 0) is 6.07 Å². The number of carboxylic acid groups (broad SMARTS) is 1. The van der Waals surface area contributed by atoms with E-state index in [2.05, 4.69) is 0 Å². The second-order valence-corrected chi connectivity index (χ2v) is 5.66. The van der Waals surface area contributed by atoms with Gasteiger partial charge in [0.25, 0.3) is 5.69 Å². The minimum atomic E-state index is -4.43. The maximum Gasteiger partial charge on any atom is 0.324 e. The smallest absolute Gasteiger partial charge is 0.324 e. The van der Waals surface area contributed by atoms with E-state index in [1.807, 2.05) is 0 Å². The zero-order valence-electron chi connectivity index (χ0n) is 9.69. The molecule has 110 valence electrons. The molecule has 20 heavy (non-hydrogen) atoms. The summed E-state index contributed by atoms with van der Waals surface area (Å²) in [6, 6.07) is 0.918. The third-order valence-corrected chi connectivity index (χ3v) is 4.15. The monoisotopic (exact) mass is 324 g/mol. The first-order chi connectivity index (χ1) is 9.19. The van der Waals surface area contributed by atoms with Crippen LogP contribution in [0.15, 0.2) is 23.1 Å². The van der Waals surface area contributed by atoms with Crippen molar-refractivity contribution < 1.29 is 28.3 Å². The predicted molar refractivity (Wildman–Crippen MR) is 66.9 cm³/mol. The maximum absolute atomic E-state index is 11.9. The number of aliphatic carboxylic acids is 1. The lowest BCUT2D eigenvalue weighted by molar-refractivity contribution is -0.385. The Morgan fingerprint density at radius 2 is 2.10 bits per heavy atom. The topological polar surface area (TPSA) is 147 Å². The number of hydrogen-bond donors (Lipinski definition) is 3. The van der Waals surface area contributed by atoms with E-state index >= 15 is 0 Å². The molecule has 0 fully saturated rings. The van der Waals surface area contributed by atoms with Gasteiger partial charge in [-0.2, -0.15) is 4.72 Å². The molecule has 1 aromatic rings. The highest BCUT2D eigenvalue weighted by molar-refractivity contribution is 7.89. The van der Waals surface area contributed by atoms with Crippen molar-refractivity contribution in [3.8, 4) is 0 Å². The number of sulfonamides is 1. The van der Waals surface area contributed by atoms with Gasteiger partial charge in [-0.15, -0.1) is 0 Å². The van der Waals surface area contributed by atoms with E-state index in [0.29, 0.717) is 6.07 Å². The summed E-state index contributed by atoms with van der Waals surface area (Å²) in [5.41, 5.74) is -0.523. The normalized spacial score (nSPS) is 12.9. The third kappa shape index (κ3) is 3.63. The van der Waals surface area contributed by atoms with Crippen molar-refractivity contribution in [2.45, 2.75) is 10.9 Å². The Labute approximate surface area is 118 Å². The zero-order chi connectivity index (χ0) is 15.5. The number of rotatable bonds is 6. The first kappa shape index (κ1) is 16.3. The first-order valence-electron chi connectivity index (χ1n) is 4.99. The van der Waals surface area contributed by atoms with Gasteiger partial charge in [0.1, 0.15) is 10.9 Å². The highest BCUT2D eigenvalue weighted by Gasteiger charge is 2.27. The molecular formula is C9H9ClN2O7S. The number of benzene rings is 1. The van der Waals surface area contributed by atoms with E-state index in [9.17, 15) is 23.3 Å². The average Bonchev–Trinajstić information content (AvgIpc) is 2.35. The van der Waals surface area contributed by atoms with Crippen LogP contribution < -0.4 is 4.72 Å². The van der Waals surface area contributed by atoms with Crippen LogP contribution in [0.25, 0.3) is 0 Å². The van der Waals surface area contributed by atoms with Gasteiger partial charge >= 0.3 is 5.97 Å². The fourth-order valence-electron chi connectivity index (χ4n) is 1.23. The van der Waals surface area contributed by atoms with Gasteiger partial charge in [0, 0.05) is 12.1 Å². The van der Waals surface area contributed by atoms with Crippen LogP contribution in [0.4, 0.5) is 5.69 Å². The first-order valence-corrected chi connectivity index (χ1v) is 6.85. The number of hydrogen-bond acceptors (Lipinski definition) is 6. The van der Waals surface area contributed by atoms with Crippen molar-refractivity contribution in [3.05, 3.63) is 33.3 Å². The van der Waals surface area contributed by atoms with Crippen molar-refractivity contribution in [2.24, 2.45) is 0 Å². The summed E-state index contributed by atoms with van der Waals surface area (Å²) < 4.78 is 25.5. The van der Waals surface area contributed by atoms with Gasteiger partial charge < -0.3 is 10.2 Å². The van der Waals surface area contributed by atoms with Gasteiger partial charge in [0.2, 0.25) is 10.0 Å². The maximum atomic E-state index is 11.9. The molecule has 9 nitrogen and oxygen atoms in total. The lowest BCUT2D eigenvalue weighted by atomic mass is 10.3. The van der Waals surface area contributed by atoms with Crippen LogP contribution in [0, 0.1) is 10.1 Å². The molecule has 3 N–H and O–H groups in total. The summed E-state index contributed by atoms with van der Waals surface area (Å²) in [6.45, 7) is -0.985. The van der Waals surface area contributed by atoms with Gasteiger partial charge in [-0.1, -0.05) is 11.6 Å². The van der Waals surface area contributed by atoms with Gasteiger partial charge in [-0.25, -0.2) is 8.42 Å². The molecule has 11 heteroatoms. The van der Waals surface area contributed by atoms with Crippen LogP contribution >= 0.6 is 11.6 Å². The SMILES string of the molecule is O=C(O)[C@H](CO)NS(=O)(=O)c1cc([N+](=O)[O-])ccc1Cl. The summed E-state index contributed by atoms with van der Waals surface area (Å²) in [4.78, 5) is 19.8. The average molecular weight is 325 g/mol. The number of non-ortho nitro benzene ring substituents is 1. The minimum absolute atomic E-state index is 0.315. The van der Waals surface area contributed by atoms with Crippen molar-refractivity contribution in [1.29, 1.82) is 0 Å². The molecule has 0 aliphatic carbocycles. The minimum Gasteiger partial charge on any atom is -0.480 e. The number of aliphatic hydroxyl groups is 1. The molecule has 0 amide bonds. The fraction of sp³-hybridized carbons (Fsp3) is 0.222. The molecule has 0 heterocycles. The molecular weight excluding hydrogens is 316 g/mol. The molecule has 0 radical (unpaired) electrons. The Kier molecular flexibility index (Phi) is 5.00. The Hall–Kier alpha value is -1.75. The molecule has 0 aliphatic rings. The second kappa shape index (κ2) is 6.13. The van der Waals surface area contributed by atoms with Gasteiger partial charge in [-0.3, -0.25) is 14.9 Å². The summed E-state index contributed by atoms with van der Waals surface area (Å²) in [7, 11) is -4.43. The molecule has 0 unspecified atom stereocenters. The Bertz CT molecular complexity index is 646. The van der Waals surface area contributed by atoms with E-state index < -0.39 is 44.1 Å². The molecule has 0 saturated carbocycles. The molecule has 1 aromatic carbocycles. The number of carboxylic acids is 1. The van der Waals surface area contributed by atoms with E-state index in [-0.39, 0.29) is 5.02 Å². The van der Waals surface area contributed by atoms with Crippen LogP contribution in [0.3, 0.4) is 0 Å². The summed E-state index contributed by atoms with van der Waals surface area (Å²) in [6.07, 6.45) is 0. The number of nitro benzene ring substituents is 1. The molecule has 0 aliphatic heterocycles.